The van der Waals surface area contributed by atoms with Gasteiger partial charge in [0.15, 0.2) is 17.2 Å². The smallest absolute Gasteiger partial charge is 0.275 e. The third-order valence-corrected chi connectivity index (χ3v) is 4.57. The summed E-state index contributed by atoms with van der Waals surface area (Å²) in [6.45, 7) is 5.12. The topological polar surface area (TPSA) is 82.8 Å². The van der Waals surface area contributed by atoms with E-state index in [-0.39, 0.29) is 17.0 Å². The van der Waals surface area contributed by atoms with Crippen LogP contribution in [0.25, 0.3) is 0 Å². The van der Waals surface area contributed by atoms with Gasteiger partial charge in [-0.2, -0.15) is 0 Å². The van der Waals surface area contributed by atoms with E-state index in [1.807, 2.05) is 13.8 Å². The summed E-state index contributed by atoms with van der Waals surface area (Å²) in [6, 6.07) is 0. The molecule has 1 atom stereocenters. The number of fused-ring (bicyclic) bond motifs is 2. The Labute approximate surface area is 133 Å². The fourth-order valence-corrected chi connectivity index (χ4v) is 3.59. The second kappa shape index (κ2) is 7.80. The van der Waals surface area contributed by atoms with Crippen LogP contribution in [0.5, 0.6) is 11.5 Å². The van der Waals surface area contributed by atoms with Gasteiger partial charge in [-0.05, 0) is 12.2 Å². The number of hydrogen-bond donors (Lipinski definition) is 2. The lowest BCUT2D eigenvalue weighted by Gasteiger charge is -2.40. The second-order valence-corrected chi connectivity index (χ2v) is 5.66. The second-order valence-electron chi connectivity index (χ2n) is 4.37. The summed E-state index contributed by atoms with van der Waals surface area (Å²) >= 11 is 1.67. The SMILES string of the molecule is C#C.CC.O=C1c2c(O)c(=O)c(O)cn2CC2SCCCN12. The highest BCUT2D eigenvalue weighted by Crippen LogP contribution is 2.32. The molecule has 2 aliphatic heterocycles. The van der Waals surface area contributed by atoms with Gasteiger partial charge in [0.25, 0.3) is 11.3 Å². The first kappa shape index (κ1) is 18.0. The van der Waals surface area contributed by atoms with Crippen LogP contribution in [0.1, 0.15) is 30.8 Å². The summed E-state index contributed by atoms with van der Waals surface area (Å²) in [5.41, 5.74) is -0.908. The quantitative estimate of drug-likeness (QED) is 0.706. The van der Waals surface area contributed by atoms with Crippen LogP contribution >= 0.6 is 11.8 Å². The van der Waals surface area contributed by atoms with Crippen LogP contribution in [0, 0.1) is 12.8 Å². The van der Waals surface area contributed by atoms with E-state index < -0.39 is 16.9 Å². The lowest BCUT2D eigenvalue weighted by atomic mass is 10.2. The lowest BCUT2D eigenvalue weighted by Crippen LogP contribution is -2.49. The zero-order chi connectivity index (χ0) is 16.9. The molecule has 2 aliphatic rings. The molecule has 1 amide bonds. The first-order valence-corrected chi connectivity index (χ1v) is 8.05. The van der Waals surface area contributed by atoms with E-state index >= 15 is 0 Å². The number of aromatic hydroxyl groups is 2. The molecule has 0 radical (unpaired) electrons. The van der Waals surface area contributed by atoms with Crippen molar-refractivity contribution in [1.82, 2.24) is 9.47 Å². The van der Waals surface area contributed by atoms with E-state index in [0.717, 1.165) is 12.2 Å². The molecule has 0 bridgehead atoms. The van der Waals surface area contributed by atoms with Crippen molar-refractivity contribution in [2.45, 2.75) is 32.2 Å². The number of thioether (sulfide) groups is 1. The number of terminal acetylenes is 1. The molecule has 1 unspecified atom stereocenters. The number of amides is 1. The van der Waals surface area contributed by atoms with Crippen LogP contribution in [0.15, 0.2) is 11.0 Å². The molecule has 1 aromatic heterocycles. The molecule has 1 saturated heterocycles. The van der Waals surface area contributed by atoms with Crippen molar-refractivity contribution >= 4 is 17.7 Å². The van der Waals surface area contributed by atoms with Gasteiger partial charge >= 0.3 is 0 Å². The van der Waals surface area contributed by atoms with Crippen LogP contribution in [0.3, 0.4) is 0 Å². The molecular formula is C15H20N2O4S. The summed E-state index contributed by atoms with van der Waals surface area (Å²) < 4.78 is 1.47. The molecule has 3 heterocycles. The van der Waals surface area contributed by atoms with E-state index in [0.29, 0.717) is 13.1 Å². The normalized spacial score (nSPS) is 18.8. The molecule has 0 saturated carbocycles. The van der Waals surface area contributed by atoms with Gasteiger partial charge < -0.3 is 19.7 Å². The minimum atomic E-state index is -0.891. The lowest BCUT2D eigenvalue weighted by molar-refractivity contribution is 0.0662. The zero-order valence-electron chi connectivity index (χ0n) is 12.7. The van der Waals surface area contributed by atoms with Crippen LogP contribution in [-0.4, -0.2) is 43.3 Å². The van der Waals surface area contributed by atoms with Crippen molar-refractivity contribution in [2.24, 2.45) is 0 Å². The maximum Gasteiger partial charge on any atom is 0.275 e. The Kier molecular flexibility index (Phi) is 6.38. The summed E-state index contributed by atoms with van der Waals surface area (Å²) in [6.07, 6.45) is 10.1. The van der Waals surface area contributed by atoms with Crippen LogP contribution in [0.4, 0.5) is 0 Å². The molecule has 3 rings (SSSR count). The molecule has 6 nitrogen and oxygen atoms in total. The Bertz CT molecular complexity index is 624. The van der Waals surface area contributed by atoms with Crippen molar-refractivity contribution in [2.75, 3.05) is 12.3 Å². The van der Waals surface area contributed by atoms with Crippen LogP contribution < -0.4 is 5.43 Å². The first-order chi connectivity index (χ1) is 10.6. The maximum absolute atomic E-state index is 12.2. The van der Waals surface area contributed by atoms with Gasteiger partial charge in [0.2, 0.25) is 0 Å². The molecule has 0 aliphatic carbocycles. The van der Waals surface area contributed by atoms with Crippen LogP contribution in [0.2, 0.25) is 0 Å². The number of aromatic nitrogens is 1. The Morgan fingerprint density at radius 1 is 1.27 bits per heavy atom. The third-order valence-electron chi connectivity index (χ3n) is 3.25. The van der Waals surface area contributed by atoms with Crippen molar-refractivity contribution in [3.8, 4) is 24.3 Å². The Hall–Kier alpha value is -2.07. The fraction of sp³-hybridized carbons (Fsp3) is 0.467. The number of pyridine rings is 1. The summed E-state index contributed by atoms with van der Waals surface area (Å²) in [5, 5.41) is 19.2. The number of hydrogen-bond acceptors (Lipinski definition) is 5. The molecular weight excluding hydrogens is 304 g/mol. The molecule has 0 spiro atoms. The number of nitrogens with zero attached hydrogens (tertiary/aromatic N) is 2. The monoisotopic (exact) mass is 324 g/mol. The molecule has 1 aromatic rings. The van der Waals surface area contributed by atoms with E-state index in [1.54, 1.807) is 16.7 Å². The first-order valence-electron chi connectivity index (χ1n) is 7.01. The average Bonchev–Trinajstić information content (AvgIpc) is 2.56. The highest BCUT2D eigenvalue weighted by molar-refractivity contribution is 7.99. The van der Waals surface area contributed by atoms with Gasteiger partial charge in [-0.25, -0.2) is 0 Å². The fourth-order valence-electron chi connectivity index (χ4n) is 2.38. The molecule has 0 aromatic carbocycles. The van der Waals surface area contributed by atoms with Gasteiger partial charge in [0.05, 0.1) is 18.1 Å². The molecule has 1 fully saturated rings. The predicted molar refractivity (Wildman–Crippen MR) is 87.2 cm³/mol. The Morgan fingerprint density at radius 3 is 2.55 bits per heavy atom. The zero-order valence-corrected chi connectivity index (χ0v) is 13.5. The third kappa shape index (κ3) is 3.07. The highest BCUT2D eigenvalue weighted by Gasteiger charge is 2.37. The maximum atomic E-state index is 12.2. The van der Waals surface area contributed by atoms with E-state index in [2.05, 4.69) is 12.8 Å². The number of carbonyl (C=O) groups excluding carboxylic acids is 1. The predicted octanol–water partition coefficient (Wildman–Crippen LogP) is 1.45. The highest BCUT2D eigenvalue weighted by atomic mass is 32.2. The number of rotatable bonds is 0. The summed E-state index contributed by atoms with van der Waals surface area (Å²) in [7, 11) is 0. The summed E-state index contributed by atoms with van der Waals surface area (Å²) in [4.78, 5) is 25.4. The minimum Gasteiger partial charge on any atom is -0.503 e. The molecule has 22 heavy (non-hydrogen) atoms. The van der Waals surface area contributed by atoms with Crippen molar-refractivity contribution in [1.29, 1.82) is 0 Å². The van der Waals surface area contributed by atoms with Gasteiger partial charge in [-0.1, -0.05) is 13.8 Å². The van der Waals surface area contributed by atoms with E-state index in [1.165, 1.54) is 10.8 Å². The van der Waals surface area contributed by atoms with Gasteiger partial charge in [-0.15, -0.1) is 24.6 Å². The molecule has 2 N–H and O–H groups in total. The van der Waals surface area contributed by atoms with Crippen molar-refractivity contribution in [3.05, 3.63) is 22.1 Å². The van der Waals surface area contributed by atoms with Gasteiger partial charge in [-0.3, -0.25) is 9.59 Å². The Balaban J connectivity index is 0.000000561. The van der Waals surface area contributed by atoms with Crippen molar-refractivity contribution < 1.29 is 15.0 Å². The molecule has 120 valence electrons. The van der Waals surface area contributed by atoms with Gasteiger partial charge in [0.1, 0.15) is 0 Å². The van der Waals surface area contributed by atoms with Crippen LogP contribution in [-0.2, 0) is 6.54 Å². The minimum absolute atomic E-state index is 0.0139. The number of carbonyl (C=O) groups is 1. The van der Waals surface area contributed by atoms with Gasteiger partial charge in [0, 0.05) is 6.54 Å². The Morgan fingerprint density at radius 2 is 1.91 bits per heavy atom. The standard InChI is InChI=1S/C11H12N2O4S.C2H6.C2H2/c14-6-4-12-5-7-13(2-1-3-18-7)11(17)8(12)10(16)9(6)15;2*1-2/h4,7,14,16H,1-3,5H2;1-2H3;1-2H. The largest absolute Gasteiger partial charge is 0.503 e. The summed E-state index contributed by atoms with van der Waals surface area (Å²) in [5.74, 6) is -0.539. The van der Waals surface area contributed by atoms with E-state index in [9.17, 15) is 19.8 Å². The average molecular weight is 324 g/mol. The molecule has 7 heteroatoms. The van der Waals surface area contributed by atoms with E-state index in [4.69, 9.17) is 0 Å². The van der Waals surface area contributed by atoms with Crippen molar-refractivity contribution in [3.63, 3.8) is 0 Å².